The van der Waals surface area contributed by atoms with Crippen LogP contribution in [0, 0.1) is 11.7 Å². The molecule has 1 aromatic rings. The Morgan fingerprint density at radius 3 is 2.69 bits per heavy atom. The fourth-order valence-electron chi connectivity index (χ4n) is 1.41. The Morgan fingerprint density at radius 1 is 1.46 bits per heavy atom. The van der Waals surface area contributed by atoms with Crippen LogP contribution in [0.15, 0.2) is 18.2 Å². The molecular formula is C10H10ClFO. The second kappa shape index (κ2) is 3.28. The van der Waals surface area contributed by atoms with E-state index in [-0.39, 0.29) is 5.82 Å². The van der Waals surface area contributed by atoms with E-state index >= 15 is 0 Å². The van der Waals surface area contributed by atoms with Gasteiger partial charge < -0.3 is 5.11 Å². The molecule has 2 rings (SSSR count). The summed E-state index contributed by atoms with van der Waals surface area (Å²) in [5, 5.41) is 10.0. The summed E-state index contributed by atoms with van der Waals surface area (Å²) >= 11 is 5.80. The van der Waals surface area contributed by atoms with Crippen LogP contribution in [0.3, 0.4) is 0 Å². The fourth-order valence-corrected chi connectivity index (χ4v) is 1.69. The van der Waals surface area contributed by atoms with Crippen molar-refractivity contribution in [3.8, 4) is 0 Å². The van der Waals surface area contributed by atoms with Gasteiger partial charge in [-0.15, -0.1) is 0 Å². The summed E-state index contributed by atoms with van der Waals surface area (Å²) in [4.78, 5) is 0. The third-order valence-electron chi connectivity index (χ3n) is 2.35. The van der Waals surface area contributed by atoms with Crippen LogP contribution in [0.5, 0.6) is 0 Å². The first-order chi connectivity index (χ1) is 6.18. The Morgan fingerprint density at radius 2 is 2.15 bits per heavy atom. The van der Waals surface area contributed by atoms with Crippen molar-refractivity contribution in [2.24, 2.45) is 5.92 Å². The summed E-state index contributed by atoms with van der Waals surface area (Å²) in [7, 11) is 0. The lowest BCUT2D eigenvalue weighted by atomic mass is 10.1. The van der Waals surface area contributed by atoms with Crippen molar-refractivity contribution in [1.29, 1.82) is 0 Å². The minimum Gasteiger partial charge on any atom is -0.388 e. The largest absolute Gasteiger partial charge is 0.388 e. The van der Waals surface area contributed by atoms with Gasteiger partial charge in [0.25, 0.3) is 0 Å². The van der Waals surface area contributed by atoms with Gasteiger partial charge in [-0.05, 0) is 36.5 Å². The molecule has 13 heavy (non-hydrogen) atoms. The van der Waals surface area contributed by atoms with Crippen molar-refractivity contribution in [3.63, 3.8) is 0 Å². The van der Waals surface area contributed by atoms with Gasteiger partial charge in [-0.1, -0.05) is 17.7 Å². The number of hydrogen-bond donors (Lipinski definition) is 1. The summed E-state index contributed by atoms with van der Waals surface area (Å²) < 4.78 is 12.7. The van der Waals surface area contributed by atoms with E-state index in [0.29, 0.717) is 16.5 Å². The van der Waals surface area contributed by atoms with Gasteiger partial charge in [-0.25, -0.2) is 4.39 Å². The van der Waals surface area contributed by atoms with Gasteiger partial charge in [0, 0.05) is 5.02 Å². The maximum atomic E-state index is 12.7. The summed E-state index contributed by atoms with van der Waals surface area (Å²) in [5.74, 6) is -0.0419. The second-order valence-corrected chi connectivity index (χ2v) is 3.86. The maximum absolute atomic E-state index is 12.7. The Bertz CT molecular complexity index is 323. The molecule has 0 bridgehead atoms. The molecule has 1 fully saturated rings. The first kappa shape index (κ1) is 8.97. The summed E-state index contributed by atoms with van der Waals surface area (Å²) in [5.41, 5.74) is 0.644. The normalized spacial score (nSPS) is 18.7. The zero-order chi connectivity index (χ0) is 9.42. The Labute approximate surface area is 81.1 Å². The van der Waals surface area contributed by atoms with Gasteiger partial charge in [-0.3, -0.25) is 0 Å². The van der Waals surface area contributed by atoms with Crippen LogP contribution in [0.2, 0.25) is 5.02 Å². The highest BCUT2D eigenvalue weighted by Crippen LogP contribution is 2.42. The van der Waals surface area contributed by atoms with E-state index in [4.69, 9.17) is 11.6 Å². The SMILES string of the molecule is OC(c1ccc(F)cc1Cl)C1CC1. The van der Waals surface area contributed by atoms with Gasteiger partial charge in [0.2, 0.25) is 0 Å². The number of aliphatic hydroxyl groups is 1. The zero-order valence-corrected chi connectivity index (χ0v) is 7.76. The molecule has 1 unspecified atom stereocenters. The van der Waals surface area contributed by atoms with E-state index in [1.165, 1.54) is 12.1 Å². The number of aliphatic hydroxyl groups excluding tert-OH is 1. The highest BCUT2D eigenvalue weighted by atomic mass is 35.5. The van der Waals surface area contributed by atoms with Crippen molar-refractivity contribution in [1.82, 2.24) is 0 Å². The van der Waals surface area contributed by atoms with Crippen LogP contribution < -0.4 is 0 Å². The van der Waals surface area contributed by atoms with Gasteiger partial charge in [0.15, 0.2) is 0 Å². The van der Waals surface area contributed by atoms with Crippen molar-refractivity contribution in [3.05, 3.63) is 34.6 Å². The van der Waals surface area contributed by atoms with Crippen molar-refractivity contribution in [2.75, 3.05) is 0 Å². The van der Waals surface area contributed by atoms with Crippen molar-refractivity contribution < 1.29 is 9.50 Å². The summed E-state index contributed by atoms with van der Waals surface area (Å²) in [6.45, 7) is 0. The molecule has 1 N–H and O–H groups in total. The predicted octanol–water partition coefficient (Wildman–Crippen LogP) is 2.92. The van der Waals surface area contributed by atoms with Crippen LogP contribution in [-0.4, -0.2) is 5.11 Å². The second-order valence-electron chi connectivity index (χ2n) is 3.45. The molecule has 1 nitrogen and oxygen atoms in total. The van der Waals surface area contributed by atoms with E-state index < -0.39 is 6.10 Å². The molecule has 1 aromatic carbocycles. The molecule has 3 heteroatoms. The third kappa shape index (κ3) is 1.84. The quantitative estimate of drug-likeness (QED) is 0.779. The number of halogens is 2. The Kier molecular flexibility index (Phi) is 2.26. The standard InChI is InChI=1S/C10H10ClFO/c11-9-5-7(12)3-4-8(9)10(13)6-1-2-6/h3-6,10,13H,1-2H2. The topological polar surface area (TPSA) is 20.2 Å². The van der Waals surface area contributed by atoms with Crippen molar-refractivity contribution >= 4 is 11.6 Å². The first-order valence-corrected chi connectivity index (χ1v) is 4.69. The predicted molar refractivity (Wildman–Crippen MR) is 49.1 cm³/mol. The van der Waals surface area contributed by atoms with Crippen LogP contribution in [0.1, 0.15) is 24.5 Å². The molecule has 0 aromatic heterocycles. The molecule has 0 saturated heterocycles. The lowest BCUT2D eigenvalue weighted by Crippen LogP contribution is -2.00. The van der Waals surface area contributed by atoms with E-state index in [9.17, 15) is 9.50 Å². The molecule has 1 aliphatic carbocycles. The molecule has 0 aliphatic heterocycles. The van der Waals surface area contributed by atoms with E-state index in [1.54, 1.807) is 6.07 Å². The molecular weight excluding hydrogens is 191 g/mol. The average Bonchev–Trinajstić information content (AvgIpc) is 2.85. The van der Waals surface area contributed by atoms with E-state index in [2.05, 4.69) is 0 Å². The lowest BCUT2D eigenvalue weighted by molar-refractivity contribution is 0.154. The number of benzene rings is 1. The van der Waals surface area contributed by atoms with E-state index in [0.717, 1.165) is 12.8 Å². The zero-order valence-electron chi connectivity index (χ0n) is 7.00. The molecule has 1 atom stereocenters. The van der Waals surface area contributed by atoms with Gasteiger partial charge in [-0.2, -0.15) is 0 Å². The van der Waals surface area contributed by atoms with Crippen LogP contribution in [0.25, 0.3) is 0 Å². The van der Waals surface area contributed by atoms with Gasteiger partial charge in [0.1, 0.15) is 5.82 Å². The van der Waals surface area contributed by atoms with Crippen LogP contribution in [-0.2, 0) is 0 Å². The minimum absolute atomic E-state index is 0.319. The fraction of sp³-hybridized carbons (Fsp3) is 0.400. The van der Waals surface area contributed by atoms with Crippen LogP contribution in [0.4, 0.5) is 4.39 Å². The van der Waals surface area contributed by atoms with Gasteiger partial charge >= 0.3 is 0 Å². The van der Waals surface area contributed by atoms with Gasteiger partial charge in [0.05, 0.1) is 6.10 Å². The molecule has 0 radical (unpaired) electrons. The monoisotopic (exact) mass is 200 g/mol. The highest BCUT2D eigenvalue weighted by Gasteiger charge is 2.31. The Balaban J connectivity index is 2.28. The van der Waals surface area contributed by atoms with E-state index in [1.807, 2.05) is 0 Å². The maximum Gasteiger partial charge on any atom is 0.124 e. The summed E-state index contributed by atoms with van der Waals surface area (Å²) in [6.07, 6.45) is 1.55. The highest BCUT2D eigenvalue weighted by molar-refractivity contribution is 6.31. The summed E-state index contributed by atoms with van der Waals surface area (Å²) in [6, 6.07) is 4.12. The minimum atomic E-state index is -0.520. The smallest absolute Gasteiger partial charge is 0.124 e. The lowest BCUT2D eigenvalue weighted by Gasteiger charge is -2.10. The Hall–Kier alpha value is -0.600. The molecule has 0 spiro atoms. The first-order valence-electron chi connectivity index (χ1n) is 4.31. The number of rotatable bonds is 2. The average molecular weight is 201 g/mol. The molecule has 1 saturated carbocycles. The third-order valence-corrected chi connectivity index (χ3v) is 2.68. The number of hydrogen-bond acceptors (Lipinski definition) is 1. The van der Waals surface area contributed by atoms with Crippen molar-refractivity contribution in [2.45, 2.75) is 18.9 Å². The molecule has 0 heterocycles. The molecule has 70 valence electrons. The molecule has 1 aliphatic rings. The van der Waals surface area contributed by atoms with Crippen LogP contribution >= 0.6 is 11.6 Å². The molecule has 0 amide bonds.